The lowest BCUT2D eigenvalue weighted by atomic mass is 10.2. The van der Waals surface area contributed by atoms with Crippen molar-refractivity contribution < 1.29 is 14.6 Å². The van der Waals surface area contributed by atoms with Crippen LogP contribution in [0.4, 0.5) is 0 Å². The van der Waals surface area contributed by atoms with Crippen LogP contribution in [-0.2, 0) is 16.1 Å². The van der Waals surface area contributed by atoms with E-state index in [4.69, 9.17) is 9.84 Å². The van der Waals surface area contributed by atoms with Gasteiger partial charge in [-0.1, -0.05) is 30.3 Å². The number of aliphatic carboxylic acids is 1. The van der Waals surface area contributed by atoms with Crippen LogP contribution in [0.1, 0.15) is 12.5 Å². The van der Waals surface area contributed by atoms with Gasteiger partial charge in [-0.05, 0) is 19.5 Å². The highest BCUT2D eigenvalue weighted by Gasteiger charge is 2.23. The number of rotatable bonds is 6. The van der Waals surface area contributed by atoms with Crippen molar-refractivity contribution >= 4 is 18.4 Å². The summed E-state index contributed by atoms with van der Waals surface area (Å²) in [6, 6.07) is 9.00. The van der Waals surface area contributed by atoms with Gasteiger partial charge in [0.25, 0.3) is 0 Å². The van der Waals surface area contributed by atoms with Crippen LogP contribution in [0.2, 0.25) is 0 Å². The third kappa shape index (κ3) is 5.17. The van der Waals surface area contributed by atoms with Gasteiger partial charge in [0.15, 0.2) is 0 Å². The Bertz CT molecular complexity index is 332. The lowest BCUT2D eigenvalue weighted by Crippen LogP contribution is -2.43. The van der Waals surface area contributed by atoms with Gasteiger partial charge >= 0.3 is 5.97 Å². The molecule has 0 spiro atoms. The van der Waals surface area contributed by atoms with Gasteiger partial charge in [0.05, 0.1) is 12.7 Å². The molecule has 0 aliphatic rings. The van der Waals surface area contributed by atoms with Gasteiger partial charge in [-0.25, -0.2) is 0 Å². The number of hydrogen-bond donors (Lipinski definition) is 2. The van der Waals surface area contributed by atoms with E-state index in [1.165, 1.54) is 0 Å². The molecule has 0 aliphatic carbocycles. The van der Waals surface area contributed by atoms with Gasteiger partial charge in [-0.3, -0.25) is 4.79 Å². The number of benzene rings is 1. The molecule has 4 nitrogen and oxygen atoms in total. The number of hydrogen-bond acceptors (Lipinski definition) is 3. The average molecular weight is 260 g/mol. The first-order valence-corrected chi connectivity index (χ1v) is 5.20. The largest absolute Gasteiger partial charge is 0.480 e. The molecule has 2 atom stereocenters. The van der Waals surface area contributed by atoms with Gasteiger partial charge in [0.2, 0.25) is 0 Å². The number of ether oxygens (including phenoxy) is 1. The van der Waals surface area contributed by atoms with E-state index in [1.54, 1.807) is 14.0 Å². The van der Waals surface area contributed by atoms with Gasteiger partial charge in [0, 0.05) is 0 Å². The van der Waals surface area contributed by atoms with E-state index >= 15 is 0 Å². The molecule has 0 bridgehead atoms. The molecule has 1 aromatic carbocycles. The lowest BCUT2D eigenvalue weighted by molar-refractivity contribution is -0.143. The average Bonchev–Trinajstić information content (AvgIpc) is 2.28. The Hall–Kier alpha value is -1.10. The van der Waals surface area contributed by atoms with E-state index in [1.807, 2.05) is 30.3 Å². The van der Waals surface area contributed by atoms with E-state index in [0.29, 0.717) is 6.61 Å². The molecule has 1 aromatic rings. The number of halogens is 1. The van der Waals surface area contributed by atoms with Gasteiger partial charge in [-0.2, -0.15) is 0 Å². The second kappa shape index (κ2) is 8.06. The molecule has 0 radical (unpaired) electrons. The maximum absolute atomic E-state index is 10.8. The van der Waals surface area contributed by atoms with Gasteiger partial charge in [-0.15, -0.1) is 12.4 Å². The van der Waals surface area contributed by atoms with Crippen LogP contribution in [0.5, 0.6) is 0 Å². The summed E-state index contributed by atoms with van der Waals surface area (Å²) in [5.74, 6) is -0.900. The van der Waals surface area contributed by atoms with E-state index in [9.17, 15) is 4.79 Å². The molecule has 0 fully saturated rings. The number of carboxylic acid groups (broad SMARTS) is 1. The molecule has 0 aliphatic heterocycles. The van der Waals surface area contributed by atoms with Crippen molar-refractivity contribution in [1.29, 1.82) is 0 Å². The first-order chi connectivity index (χ1) is 7.65. The Kier molecular flexibility index (Phi) is 7.54. The quantitative estimate of drug-likeness (QED) is 0.816. The molecule has 0 saturated heterocycles. The minimum absolute atomic E-state index is 0. The molecule has 0 aromatic heterocycles. The monoisotopic (exact) mass is 259 g/mol. The predicted octanol–water partition coefficient (Wildman–Crippen LogP) is 1.69. The Morgan fingerprint density at radius 3 is 2.47 bits per heavy atom. The molecular formula is C12H18ClNO3. The van der Waals surface area contributed by atoms with Crippen LogP contribution >= 0.6 is 12.4 Å². The molecule has 2 N–H and O–H groups in total. The smallest absolute Gasteiger partial charge is 0.323 e. The molecular weight excluding hydrogens is 242 g/mol. The fourth-order valence-corrected chi connectivity index (χ4v) is 1.46. The predicted molar refractivity (Wildman–Crippen MR) is 68.4 cm³/mol. The van der Waals surface area contributed by atoms with Gasteiger partial charge in [0.1, 0.15) is 6.04 Å². The van der Waals surface area contributed by atoms with E-state index in [2.05, 4.69) is 5.32 Å². The summed E-state index contributed by atoms with van der Waals surface area (Å²) in [6.07, 6.45) is -0.372. The Labute approximate surface area is 107 Å². The Morgan fingerprint density at radius 1 is 1.41 bits per heavy atom. The molecule has 5 heteroatoms. The van der Waals surface area contributed by atoms with Crippen molar-refractivity contribution in [3.8, 4) is 0 Å². The normalized spacial score (nSPS) is 13.5. The number of carbonyl (C=O) groups is 1. The van der Waals surface area contributed by atoms with E-state index < -0.39 is 12.0 Å². The first-order valence-electron chi connectivity index (χ1n) is 5.20. The van der Waals surface area contributed by atoms with E-state index in [-0.39, 0.29) is 18.5 Å². The maximum atomic E-state index is 10.8. The zero-order valence-electron chi connectivity index (χ0n) is 9.92. The summed E-state index contributed by atoms with van der Waals surface area (Å²) in [4.78, 5) is 10.8. The van der Waals surface area contributed by atoms with Gasteiger partial charge < -0.3 is 15.2 Å². The zero-order valence-corrected chi connectivity index (χ0v) is 10.7. The molecule has 96 valence electrons. The third-order valence-electron chi connectivity index (χ3n) is 2.40. The highest BCUT2D eigenvalue weighted by atomic mass is 35.5. The van der Waals surface area contributed by atoms with Crippen LogP contribution in [0, 0.1) is 0 Å². The van der Waals surface area contributed by atoms with Crippen molar-refractivity contribution in [3.63, 3.8) is 0 Å². The second-order valence-corrected chi connectivity index (χ2v) is 3.61. The highest BCUT2D eigenvalue weighted by molar-refractivity contribution is 5.85. The van der Waals surface area contributed by atoms with Crippen LogP contribution in [-0.4, -0.2) is 30.3 Å². The third-order valence-corrected chi connectivity index (χ3v) is 2.40. The summed E-state index contributed by atoms with van der Waals surface area (Å²) in [7, 11) is 1.61. The highest BCUT2D eigenvalue weighted by Crippen LogP contribution is 2.06. The molecule has 0 heterocycles. The summed E-state index contributed by atoms with van der Waals surface area (Å²) < 4.78 is 5.50. The number of carboxylic acids is 1. The van der Waals surface area contributed by atoms with Crippen molar-refractivity contribution in [2.75, 3.05) is 7.05 Å². The first kappa shape index (κ1) is 15.9. The molecule has 1 rings (SSSR count). The van der Waals surface area contributed by atoms with Crippen LogP contribution in [0.3, 0.4) is 0 Å². The number of likely N-dealkylation sites (N-methyl/N-ethyl adjacent to an activating group) is 1. The van der Waals surface area contributed by atoms with E-state index in [0.717, 1.165) is 5.56 Å². The fraction of sp³-hybridized carbons (Fsp3) is 0.417. The Morgan fingerprint density at radius 2 is 2.00 bits per heavy atom. The fourth-order valence-electron chi connectivity index (χ4n) is 1.46. The summed E-state index contributed by atoms with van der Waals surface area (Å²) in [5, 5.41) is 11.6. The van der Waals surface area contributed by atoms with Crippen molar-refractivity contribution in [2.45, 2.75) is 25.7 Å². The Balaban J connectivity index is 0.00000256. The summed E-state index contributed by atoms with van der Waals surface area (Å²) >= 11 is 0. The minimum atomic E-state index is -0.900. The van der Waals surface area contributed by atoms with Crippen LogP contribution in [0.25, 0.3) is 0 Å². The molecule has 0 amide bonds. The van der Waals surface area contributed by atoms with Crippen molar-refractivity contribution in [1.82, 2.24) is 5.32 Å². The standard InChI is InChI=1S/C12H17NO3.ClH/c1-9(11(13-2)12(14)15)16-8-10-6-4-3-5-7-10;/h3-7,9,11,13H,8H2,1-2H3,(H,14,15);1H/t9-,11+;/m1./s1. The van der Waals surface area contributed by atoms with Crippen molar-refractivity contribution in [3.05, 3.63) is 35.9 Å². The second-order valence-electron chi connectivity index (χ2n) is 3.61. The van der Waals surface area contributed by atoms with Crippen LogP contribution < -0.4 is 5.32 Å². The summed E-state index contributed by atoms with van der Waals surface area (Å²) in [6.45, 7) is 2.17. The minimum Gasteiger partial charge on any atom is -0.480 e. The van der Waals surface area contributed by atoms with Crippen LogP contribution in [0.15, 0.2) is 30.3 Å². The lowest BCUT2D eigenvalue weighted by Gasteiger charge is -2.20. The SMILES string of the molecule is CN[C@H](C(=O)O)[C@@H](C)OCc1ccccc1.Cl. The van der Waals surface area contributed by atoms with Crippen molar-refractivity contribution in [2.24, 2.45) is 0 Å². The topological polar surface area (TPSA) is 58.6 Å². The molecule has 0 unspecified atom stereocenters. The number of nitrogens with one attached hydrogen (secondary N) is 1. The summed E-state index contributed by atoms with van der Waals surface area (Å²) in [5.41, 5.74) is 1.04. The zero-order chi connectivity index (χ0) is 12.0. The molecule has 0 saturated carbocycles. The molecule has 17 heavy (non-hydrogen) atoms. The maximum Gasteiger partial charge on any atom is 0.323 e.